The molecule has 2 rings (SSSR count). The molecule has 1 aliphatic heterocycles. The van der Waals surface area contributed by atoms with Crippen LogP contribution in [0.5, 0.6) is 5.75 Å². The fourth-order valence-corrected chi connectivity index (χ4v) is 2.94. The quantitative estimate of drug-likeness (QED) is 0.860. The van der Waals surface area contributed by atoms with Crippen molar-refractivity contribution in [2.24, 2.45) is 5.73 Å². The van der Waals surface area contributed by atoms with Crippen molar-refractivity contribution >= 4 is 17.2 Å². The number of hydrogen-bond acceptors (Lipinski definition) is 4. The van der Waals surface area contributed by atoms with E-state index in [1.165, 1.54) is 5.56 Å². The maximum atomic E-state index is 5.71. The number of thiocarbonyl (C=S) groups is 1. The Morgan fingerprint density at radius 3 is 2.67 bits per heavy atom. The van der Waals surface area contributed by atoms with Crippen LogP contribution >= 0.6 is 12.2 Å². The summed E-state index contributed by atoms with van der Waals surface area (Å²) in [6.45, 7) is 8.73. The number of methoxy groups -OCH3 is 1. The van der Waals surface area contributed by atoms with Gasteiger partial charge in [-0.25, -0.2) is 0 Å². The second-order valence-corrected chi connectivity index (χ2v) is 6.78. The van der Waals surface area contributed by atoms with E-state index < -0.39 is 0 Å². The predicted octanol–water partition coefficient (Wildman–Crippen LogP) is 1.86. The van der Waals surface area contributed by atoms with Gasteiger partial charge >= 0.3 is 0 Å². The lowest BCUT2D eigenvalue weighted by atomic mass is 9.99. The van der Waals surface area contributed by atoms with Gasteiger partial charge < -0.3 is 10.5 Å². The van der Waals surface area contributed by atoms with Crippen LogP contribution < -0.4 is 10.5 Å². The SMILES string of the molecule is COc1cc(CN2CCN(C)C(C)(C)C2)ccc1C(N)=S. The van der Waals surface area contributed by atoms with E-state index in [0.717, 1.165) is 37.5 Å². The van der Waals surface area contributed by atoms with Gasteiger partial charge in [-0.15, -0.1) is 0 Å². The van der Waals surface area contributed by atoms with Crippen LogP contribution in [0.4, 0.5) is 0 Å². The highest BCUT2D eigenvalue weighted by molar-refractivity contribution is 7.80. The average molecular weight is 307 g/mol. The lowest BCUT2D eigenvalue weighted by Crippen LogP contribution is -2.57. The average Bonchev–Trinajstić information content (AvgIpc) is 2.42. The zero-order chi connectivity index (χ0) is 15.6. The number of hydrogen-bond donors (Lipinski definition) is 1. The monoisotopic (exact) mass is 307 g/mol. The number of ether oxygens (including phenoxy) is 1. The third kappa shape index (κ3) is 3.73. The summed E-state index contributed by atoms with van der Waals surface area (Å²) in [7, 11) is 3.84. The summed E-state index contributed by atoms with van der Waals surface area (Å²) in [4.78, 5) is 5.27. The first-order chi connectivity index (χ1) is 9.83. The topological polar surface area (TPSA) is 41.7 Å². The van der Waals surface area contributed by atoms with Crippen molar-refractivity contribution in [3.8, 4) is 5.75 Å². The summed E-state index contributed by atoms with van der Waals surface area (Å²) in [6, 6.07) is 6.08. The largest absolute Gasteiger partial charge is 0.496 e. The number of likely N-dealkylation sites (N-methyl/N-ethyl adjacent to an activating group) is 1. The molecule has 1 heterocycles. The van der Waals surface area contributed by atoms with Crippen molar-refractivity contribution in [3.05, 3.63) is 29.3 Å². The molecule has 1 aromatic carbocycles. The zero-order valence-electron chi connectivity index (χ0n) is 13.3. The van der Waals surface area contributed by atoms with E-state index in [1.54, 1.807) is 7.11 Å². The van der Waals surface area contributed by atoms with E-state index in [2.05, 4.69) is 36.8 Å². The Morgan fingerprint density at radius 2 is 2.10 bits per heavy atom. The van der Waals surface area contributed by atoms with Crippen LogP contribution in [0, 0.1) is 0 Å². The Kier molecular flexibility index (Phi) is 4.86. The van der Waals surface area contributed by atoms with E-state index >= 15 is 0 Å². The van der Waals surface area contributed by atoms with Gasteiger partial charge in [-0.1, -0.05) is 18.3 Å². The highest BCUT2D eigenvalue weighted by atomic mass is 32.1. The molecule has 2 N–H and O–H groups in total. The van der Waals surface area contributed by atoms with E-state index in [1.807, 2.05) is 12.1 Å². The maximum Gasteiger partial charge on any atom is 0.129 e. The molecule has 0 spiro atoms. The van der Waals surface area contributed by atoms with Crippen LogP contribution in [-0.4, -0.2) is 54.1 Å². The number of nitrogens with two attached hydrogens (primary N) is 1. The Hall–Kier alpha value is -1.17. The van der Waals surface area contributed by atoms with Crippen molar-refractivity contribution in [3.63, 3.8) is 0 Å². The van der Waals surface area contributed by atoms with E-state index in [-0.39, 0.29) is 5.54 Å². The zero-order valence-corrected chi connectivity index (χ0v) is 14.2. The Labute approximate surface area is 132 Å². The molecule has 0 amide bonds. The minimum Gasteiger partial charge on any atom is -0.496 e. The van der Waals surface area contributed by atoms with Crippen LogP contribution in [-0.2, 0) is 6.54 Å². The molecule has 0 unspecified atom stereocenters. The van der Waals surface area contributed by atoms with Gasteiger partial charge in [0.15, 0.2) is 0 Å². The number of piperazine rings is 1. The lowest BCUT2D eigenvalue weighted by Gasteiger charge is -2.45. The number of rotatable bonds is 4. The van der Waals surface area contributed by atoms with Gasteiger partial charge in [0.2, 0.25) is 0 Å². The van der Waals surface area contributed by atoms with Gasteiger partial charge in [0.1, 0.15) is 10.7 Å². The van der Waals surface area contributed by atoms with Crippen molar-refractivity contribution in [2.45, 2.75) is 25.9 Å². The smallest absolute Gasteiger partial charge is 0.129 e. The molecule has 1 aliphatic rings. The Morgan fingerprint density at radius 1 is 1.38 bits per heavy atom. The van der Waals surface area contributed by atoms with Crippen molar-refractivity contribution < 1.29 is 4.74 Å². The Balaban J connectivity index is 2.12. The molecule has 5 heteroatoms. The first-order valence-corrected chi connectivity index (χ1v) is 7.64. The molecule has 0 bridgehead atoms. The summed E-state index contributed by atoms with van der Waals surface area (Å²) >= 11 is 5.05. The summed E-state index contributed by atoms with van der Waals surface area (Å²) in [5, 5.41) is 0. The first kappa shape index (κ1) is 16.2. The molecule has 1 saturated heterocycles. The van der Waals surface area contributed by atoms with E-state index in [4.69, 9.17) is 22.7 Å². The van der Waals surface area contributed by atoms with Gasteiger partial charge in [-0.05, 0) is 38.6 Å². The minimum absolute atomic E-state index is 0.209. The summed E-state index contributed by atoms with van der Waals surface area (Å²) < 4.78 is 5.40. The van der Waals surface area contributed by atoms with Crippen LogP contribution in [0.3, 0.4) is 0 Å². The molecule has 0 aliphatic carbocycles. The second kappa shape index (κ2) is 6.30. The van der Waals surface area contributed by atoms with Gasteiger partial charge in [-0.3, -0.25) is 9.80 Å². The molecular formula is C16H25N3OS. The van der Waals surface area contributed by atoms with Crippen molar-refractivity contribution in [1.29, 1.82) is 0 Å². The highest BCUT2D eigenvalue weighted by Gasteiger charge is 2.30. The summed E-state index contributed by atoms with van der Waals surface area (Å²) in [5.41, 5.74) is 7.95. The van der Waals surface area contributed by atoms with E-state index in [0.29, 0.717) is 4.99 Å². The second-order valence-electron chi connectivity index (χ2n) is 6.34. The van der Waals surface area contributed by atoms with Crippen LogP contribution in [0.15, 0.2) is 18.2 Å². The number of benzene rings is 1. The van der Waals surface area contributed by atoms with Gasteiger partial charge in [-0.2, -0.15) is 0 Å². The summed E-state index contributed by atoms with van der Waals surface area (Å²) in [6.07, 6.45) is 0. The highest BCUT2D eigenvalue weighted by Crippen LogP contribution is 2.24. The fraction of sp³-hybridized carbons (Fsp3) is 0.562. The molecule has 1 fully saturated rings. The Bertz CT molecular complexity index is 530. The molecule has 0 atom stereocenters. The fourth-order valence-electron chi connectivity index (χ4n) is 2.77. The number of nitrogens with zero attached hydrogens (tertiary/aromatic N) is 2. The molecule has 0 aromatic heterocycles. The molecule has 21 heavy (non-hydrogen) atoms. The van der Waals surface area contributed by atoms with Crippen molar-refractivity contribution in [2.75, 3.05) is 33.8 Å². The third-order valence-corrected chi connectivity index (χ3v) is 4.55. The van der Waals surface area contributed by atoms with Crippen LogP contribution in [0.25, 0.3) is 0 Å². The molecular weight excluding hydrogens is 282 g/mol. The normalized spacial score (nSPS) is 19.4. The molecule has 1 aromatic rings. The first-order valence-electron chi connectivity index (χ1n) is 7.24. The van der Waals surface area contributed by atoms with E-state index in [9.17, 15) is 0 Å². The van der Waals surface area contributed by atoms with Gasteiger partial charge in [0.25, 0.3) is 0 Å². The standard InChI is InChI=1S/C16H25N3OS/c1-16(2)11-19(8-7-18(16)3)10-12-5-6-13(15(17)21)14(9-12)20-4/h5-6,9H,7-8,10-11H2,1-4H3,(H2,17,21). The third-order valence-electron chi connectivity index (χ3n) is 4.33. The van der Waals surface area contributed by atoms with Crippen molar-refractivity contribution in [1.82, 2.24) is 9.80 Å². The van der Waals surface area contributed by atoms with Crippen LogP contribution in [0.1, 0.15) is 25.0 Å². The molecule has 116 valence electrons. The minimum atomic E-state index is 0.209. The summed E-state index contributed by atoms with van der Waals surface area (Å²) in [5.74, 6) is 0.758. The predicted molar refractivity (Wildman–Crippen MR) is 90.9 cm³/mol. The molecule has 0 saturated carbocycles. The van der Waals surface area contributed by atoms with Gasteiger partial charge in [0.05, 0.1) is 12.7 Å². The van der Waals surface area contributed by atoms with Crippen LogP contribution in [0.2, 0.25) is 0 Å². The lowest BCUT2D eigenvalue weighted by molar-refractivity contribution is 0.0360. The molecule has 0 radical (unpaired) electrons. The van der Waals surface area contributed by atoms with Gasteiger partial charge in [0, 0.05) is 31.7 Å². The maximum absolute atomic E-state index is 5.71. The molecule has 4 nitrogen and oxygen atoms in total.